The van der Waals surface area contributed by atoms with Crippen molar-refractivity contribution in [1.29, 1.82) is 0 Å². The molecule has 0 saturated carbocycles. The molecule has 6 nitrogen and oxygen atoms in total. The lowest BCUT2D eigenvalue weighted by Crippen LogP contribution is -2.25. The molecule has 0 spiro atoms. The summed E-state index contributed by atoms with van der Waals surface area (Å²) in [6.45, 7) is 4.80. The molecular formula is C24H26N2O4. The maximum Gasteiger partial charge on any atom is 0.335 e. The van der Waals surface area contributed by atoms with Crippen molar-refractivity contribution in [3.8, 4) is 5.75 Å². The van der Waals surface area contributed by atoms with Crippen molar-refractivity contribution in [2.24, 2.45) is 0 Å². The number of ether oxygens (including phenoxy) is 1. The van der Waals surface area contributed by atoms with E-state index >= 15 is 0 Å². The standard InChI is InChI=1S/C24H26N2O4/c1-3-4-5-22-25-17(2)14-23(27)26(22)15-18-8-12-21(13-9-18)30-16-19-6-10-20(11-7-19)24(28)29/h6-14H,3-5,15-16H2,1-2H3,(H,28,29). The first kappa shape index (κ1) is 21.3. The highest BCUT2D eigenvalue weighted by molar-refractivity contribution is 5.87. The molecule has 6 heteroatoms. The van der Waals surface area contributed by atoms with E-state index in [1.165, 1.54) is 0 Å². The number of aryl methyl sites for hydroxylation is 2. The third-order valence-corrected chi connectivity index (χ3v) is 4.84. The Balaban J connectivity index is 1.66. The molecule has 156 valence electrons. The lowest BCUT2D eigenvalue weighted by molar-refractivity contribution is 0.0697. The molecule has 3 rings (SSSR count). The minimum Gasteiger partial charge on any atom is -0.489 e. The van der Waals surface area contributed by atoms with Gasteiger partial charge >= 0.3 is 5.97 Å². The van der Waals surface area contributed by atoms with Crippen molar-refractivity contribution in [1.82, 2.24) is 9.55 Å². The second-order valence-corrected chi connectivity index (χ2v) is 7.28. The highest BCUT2D eigenvalue weighted by Crippen LogP contribution is 2.16. The first-order valence-corrected chi connectivity index (χ1v) is 10.1. The Bertz CT molecular complexity index is 1050. The van der Waals surface area contributed by atoms with Gasteiger partial charge in [-0.15, -0.1) is 0 Å². The van der Waals surface area contributed by atoms with E-state index in [1.807, 2.05) is 31.2 Å². The summed E-state index contributed by atoms with van der Waals surface area (Å²) in [4.78, 5) is 28.0. The van der Waals surface area contributed by atoms with Gasteiger partial charge in [0.1, 0.15) is 18.2 Å². The number of aromatic nitrogens is 2. The van der Waals surface area contributed by atoms with Crippen molar-refractivity contribution < 1.29 is 14.6 Å². The zero-order chi connectivity index (χ0) is 21.5. The third-order valence-electron chi connectivity index (χ3n) is 4.84. The molecule has 0 aliphatic heterocycles. The predicted molar refractivity (Wildman–Crippen MR) is 115 cm³/mol. The van der Waals surface area contributed by atoms with Crippen LogP contribution >= 0.6 is 0 Å². The van der Waals surface area contributed by atoms with Crippen LogP contribution in [0.5, 0.6) is 5.75 Å². The van der Waals surface area contributed by atoms with Gasteiger partial charge in [-0.2, -0.15) is 0 Å². The fraction of sp³-hybridized carbons (Fsp3) is 0.292. The molecule has 0 fully saturated rings. The lowest BCUT2D eigenvalue weighted by atomic mass is 10.1. The molecule has 2 aromatic carbocycles. The molecule has 0 unspecified atom stereocenters. The Kier molecular flexibility index (Phi) is 7.01. The van der Waals surface area contributed by atoms with Crippen molar-refractivity contribution in [3.05, 3.63) is 93.2 Å². The summed E-state index contributed by atoms with van der Waals surface area (Å²) in [5.74, 6) is 0.590. The third kappa shape index (κ3) is 5.56. The van der Waals surface area contributed by atoms with Gasteiger partial charge in [0.05, 0.1) is 12.1 Å². The highest BCUT2D eigenvalue weighted by Gasteiger charge is 2.08. The first-order valence-electron chi connectivity index (χ1n) is 10.1. The summed E-state index contributed by atoms with van der Waals surface area (Å²) in [6.07, 6.45) is 2.83. The molecule has 1 heterocycles. The van der Waals surface area contributed by atoms with Gasteiger partial charge in [-0.25, -0.2) is 9.78 Å². The lowest BCUT2D eigenvalue weighted by Gasteiger charge is -2.13. The zero-order valence-electron chi connectivity index (χ0n) is 17.3. The molecule has 0 saturated heterocycles. The molecule has 3 aromatic rings. The van der Waals surface area contributed by atoms with Crippen molar-refractivity contribution >= 4 is 5.97 Å². The van der Waals surface area contributed by atoms with Gasteiger partial charge < -0.3 is 9.84 Å². The van der Waals surface area contributed by atoms with Crippen LogP contribution in [0.2, 0.25) is 0 Å². The number of unbranched alkanes of at least 4 members (excludes halogenated alkanes) is 1. The molecular weight excluding hydrogens is 380 g/mol. The van der Waals surface area contributed by atoms with Crippen LogP contribution in [0.3, 0.4) is 0 Å². The summed E-state index contributed by atoms with van der Waals surface area (Å²) in [5, 5.41) is 8.95. The molecule has 30 heavy (non-hydrogen) atoms. The number of benzene rings is 2. The molecule has 1 aromatic heterocycles. The maximum absolute atomic E-state index is 12.5. The van der Waals surface area contributed by atoms with E-state index in [2.05, 4.69) is 11.9 Å². The number of aromatic carboxylic acids is 1. The topological polar surface area (TPSA) is 81.4 Å². The number of carbonyl (C=O) groups is 1. The number of hydrogen-bond acceptors (Lipinski definition) is 4. The Labute approximate surface area is 175 Å². The predicted octanol–water partition coefficient (Wildman–Crippen LogP) is 4.22. The second kappa shape index (κ2) is 9.87. The summed E-state index contributed by atoms with van der Waals surface area (Å²) < 4.78 is 7.52. The van der Waals surface area contributed by atoms with Crippen LogP contribution < -0.4 is 10.3 Å². The summed E-state index contributed by atoms with van der Waals surface area (Å²) in [5.41, 5.74) is 2.86. The van der Waals surface area contributed by atoms with Gasteiger partial charge in [0.2, 0.25) is 0 Å². The largest absolute Gasteiger partial charge is 0.489 e. The van der Waals surface area contributed by atoms with E-state index in [4.69, 9.17) is 9.84 Å². The van der Waals surface area contributed by atoms with Crippen molar-refractivity contribution in [2.45, 2.75) is 46.3 Å². The Morgan fingerprint density at radius 1 is 1.07 bits per heavy atom. The van der Waals surface area contributed by atoms with Crippen LogP contribution in [0.25, 0.3) is 0 Å². The van der Waals surface area contributed by atoms with Crippen LogP contribution in [-0.4, -0.2) is 20.6 Å². The van der Waals surface area contributed by atoms with Gasteiger partial charge in [-0.3, -0.25) is 9.36 Å². The van der Waals surface area contributed by atoms with E-state index in [0.29, 0.717) is 18.9 Å². The fourth-order valence-corrected chi connectivity index (χ4v) is 3.16. The summed E-state index contributed by atoms with van der Waals surface area (Å²) in [6, 6.07) is 15.8. The van der Waals surface area contributed by atoms with Crippen molar-refractivity contribution in [2.75, 3.05) is 0 Å². The monoisotopic (exact) mass is 406 g/mol. The fourth-order valence-electron chi connectivity index (χ4n) is 3.16. The minimum atomic E-state index is -0.946. The van der Waals surface area contributed by atoms with E-state index < -0.39 is 5.97 Å². The van der Waals surface area contributed by atoms with E-state index in [1.54, 1.807) is 34.9 Å². The first-order chi connectivity index (χ1) is 14.5. The average Bonchev–Trinajstić information content (AvgIpc) is 2.74. The smallest absolute Gasteiger partial charge is 0.335 e. The Morgan fingerprint density at radius 3 is 2.37 bits per heavy atom. The number of carboxylic acids is 1. The van der Waals surface area contributed by atoms with Crippen LogP contribution in [0.4, 0.5) is 0 Å². The quantitative estimate of drug-likeness (QED) is 0.575. The van der Waals surface area contributed by atoms with E-state index in [9.17, 15) is 9.59 Å². The van der Waals surface area contributed by atoms with Crippen molar-refractivity contribution in [3.63, 3.8) is 0 Å². The van der Waals surface area contributed by atoms with Crippen LogP contribution in [0.15, 0.2) is 59.4 Å². The molecule has 0 aliphatic carbocycles. The molecule has 1 N–H and O–H groups in total. The van der Waals surface area contributed by atoms with Gasteiger partial charge in [0.25, 0.3) is 5.56 Å². The Hall–Kier alpha value is -3.41. The van der Waals surface area contributed by atoms with Crippen LogP contribution in [0.1, 0.15) is 52.8 Å². The highest BCUT2D eigenvalue weighted by atomic mass is 16.5. The maximum atomic E-state index is 12.5. The summed E-state index contributed by atoms with van der Waals surface area (Å²) >= 11 is 0. The van der Waals surface area contributed by atoms with Gasteiger partial charge in [0.15, 0.2) is 0 Å². The zero-order valence-corrected chi connectivity index (χ0v) is 17.3. The van der Waals surface area contributed by atoms with Gasteiger partial charge in [-0.05, 0) is 48.7 Å². The SMILES string of the molecule is CCCCc1nc(C)cc(=O)n1Cc1ccc(OCc2ccc(C(=O)O)cc2)cc1. The minimum absolute atomic E-state index is 0.0289. The number of hydrogen-bond donors (Lipinski definition) is 1. The van der Waals surface area contributed by atoms with Crippen LogP contribution in [-0.2, 0) is 19.6 Å². The van der Waals surface area contributed by atoms with E-state index in [0.717, 1.165) is 41.9 Å². The number of carboxylic acid groups (broad SMARTS) is 1. The molecule has 0 radical (unpaired) electrons. The van der Waals surface area contributed by atoms with Gasteiger partial charge in [-0.1, -0.05) is 37.6 Å². The number of rotatable bonds is 9. The molecule has 0 aliphatic rings. The normalized spacial score (nSPS) is 10.7. The summed E-state index contributed by atoms with van der Waals surface area (Å²) in [7, 11) is 0. The average molecular weight is 406 g/mol. The van der Waals surface area contributed by atoms with Crippen LogP contribution in [0, 0.1) is 6.92 Å². The van der Waals surface area contributed by atoms with E-state index in [-0.39, 0.29) is 11.1 Å². The molecule has 0 bridgehead atoms. The second-order valence-electron chi connectivity index (χ2n) is 7.28. The Morgan fingerprint density at radius 2 is 1.73 bits per heavy atom. The molecule has 0 atom stereocenters. The molecule has 0 amide bonds. The van der Waals surface area contributed by atoms with Gasteiger partial charge in [0, 0.05) is 18.2 Å². The number of nitrogens with zero attached hydrogens (tertiary/aromatic N) is 2.